The van der Waals surface area contributed by atoms with Gasteiger partial charge in [-0.2, -0.15) is 5.10 Å². The standard InChI is InChI=1S/C13H17N3O2/c17-6-5-16-10-11(8-15-16)7-14-9-12-3-1-2-4-13(12)18/h1-4,8,10,14,17-18H,5-7,9H2. The molecule has 0 bridgehead atoms. The van der Waals surface area contributed by atoms with Crippen molar-refractivity contribution in [2.75, 3.05) is 6.61 Å². The number of hydrogen-bond acceptors (Lipinski definition) is 4. The first-order valence-electron chi connectivity index (χ1n) is 5.89. The first-order chi connectivity index (χ1) is 8.79. The quantitative estimate of drug-likeness (QED) is 0.708. The minimum absolute atomic E-state index is 0.0897. The van der Waals surface area contributed by atoms with E-state index in [2.05, 4.69) is 10.4 Å². The van der Waals surface area contributed by atoms with Crippen molar-refractivity contribution in [1.82, 2.24) is 15.1 Å². The Kier molecular flexibility index (Phi) is 4.33. The van der Waals surface area contributed by atoms with Gasteiger partial charge in [-0.1, -0.05) is 18.2 Å². The van der Waals surface area contributed by atoms with Crippen LogP contribution in [0.1, 0.15) is 11.1 Å². The minimum atomic E-state index is 0.0897. The second-order valence-corrected chi connectivity index (χ2v) is 4.07. The van der Waals surface area contributed by atoms with Crippen LogP contribution in [0.4, 0.5) is 0 Å². The summed E-state index contributed by atoms with van der Waals surface area (Å²) in [5, 5.41) is 25.7. The van der Waals surface area contributed by atoms with E-state index < -0.39 is 0 Å². The lowest BCUT2D eigenvalue weighted by Gasteiger charge is -2.05. The van der Waals surface area contributed by atoms with E-state index in [1.807, 2.05) is 18.3 Å². The summed E-state index contributed by atoms with van der Waals surface area (Å²) in [5.41, 5.74) is 1.93. The molecule has 2 rings (SSSR count). The smallest absolute Gasteiger partial charge is 0.120 e. The van der Waals surface area contributed by atoms with Crippen LogP contribution in [0.2, 0.25) is 0 Å². The number of phenols is 1. The van der Waals surface area contributed by atoms with E-state index in [-0.39, 0.29) is 6.61 Å². The van der Waals surface area contributed by atoms with Gasteiger partial charge < -0.3 is 15.5 Å². The van der Waals surface area contributed by atoms with Crippen LogP contribution in [-0.4, -0.2) is 26.6 Å². The molecule has 1 heterocycles. The number of hydrogen-bond donors (Lipinski definition) is 3. The lowest BCUT2D eigenvalue weighted by molar-refractivity contribution is 0.269. The Bertz CT molecular complexity index is 496. The zero-order valence-corrected chi connectivity index (χ0v) is 10.1. The van der Waals surface area contributed by atoms with Gasteiger partial charge in [0.2, 0.25) is 0 Å². The molecule has 0 atom stereocenters. The third kappa shape index (κ3) is 3.32. The van der Waals surface area contributed by atoms with Crippen molar-refractivity contribution in [3.05, 3.63) is 47.8 Å². The molecule has 0 aliphatic carbocycles. The molecule has 0 radical (unpaired) electrons. The van der Waals surface area contributed by atoms with Crippen molar-refractivity contribution >= 4 is 0 Å². The van der Waals surface area contributed by atoms with Crippen LogP contribution in [0, 0.1) is 0 Å². The summed E-state index contributed by atoms with van der Waals surface area (Å²) in [4.78, 5) is 0. The Morgan fingerprint density at radius 1 is 1.22 bits per heavy atom. The summed E-state index contributed by atoms with van der Waals surface area (Å²) in [6, 6.07) is 7.27. The van der Waals surface area contributed by atoms with Crippen molar-refractivity contribution in [3.63, 3.8) is 0 Å². The highest BCUT2D eigenvalue weighted by Gasteiger charge is 2.01. The first kappa shape index (κ1) is 12.6. The van der Waals surface area contributed by atoms with Gasteiger partial charge in [-0.3, -0.25) is 4.68 Å². The molecule has 0 aliphatic rings. The van der Waals surface area contributed by atoms with E-state index in [1.54, 1.807) is 23.0 Å². The number of rotatable bonds is 6. The molecule has 0 fully saturated rings. The Labute approximate surface area is 106 Å². The van der Waals surface area contributed by atoms with Crippen molar-refractivity contribution in [3.8, 4) is 5.75 Å². The average Bonchev–Trinajstić information content (AvgIpc) is 2.80. The van der Waals surface area contributed by atoms with E-state index in [0.29, 0.717) is 25.4 Å². The van der Waals surface area contributed by atoms with Crippen molar-refractivity contribution in [2.24, 2.45) is 0 Å². The number of benzene rings is 1. The lowest BCUT2D eigenvalue weighted by atomic mass is 10.2. The summed E-state index contributed by atoms with van der Waals surface area (Å²) in [6.07, 6.45) is 3.67. The topological polar surface area (TPSA) is 70.3 Å². The fraction of sp³-hybridized carbons (Fsp3) is 0.308. The maximum atomic E-state index is 9.60. The Morgan fingerprint density at radius 2 is 2.06 bits per heavy atom. The Morgan fingerprint density at radius 3 is 2.83 bits per heavy atom. The van der Waals surface area contributed by atoms with Crippen LogP contribution in [0.25, 0.3) is 0 Å². The predicted octanol–water partition coefficient (Wildman–Crippen LogP) is 0.871. The molecule has 0 spiro atoms. The number of phenolic OH excluding ortho intramolecular Hbond substituents is 1. The molecule has 2 aromatic rings. The SMILES string of the molecule is OCCn1cc(CNCc2ccccc2O)cn1. The largest absolute Gasteiger partial charge is 0.508 e. The molecule has 5 nitrogen and oxygen atoms in total. The zero-order valence-electron chi connectivity index (χ0n) is 10.1. The molecule has 0 unspecified atom stereocenters. The van der Waals surface area contributed by atoms with E-state index >= 15 is 0 Å². The lowest BCUT2D eigenvalue weighted by Crippen LogP contribution is -2.12. The van der Waals surface area contributed by atoms with Gasteiger partial charge in [-0.25, -0.2) is 0 Å². The molecule has 5 heteroatoms. The second-order valence-electron chi connectivity index (χ2n) is 4.07. The van der Waals surface area contributed by atoms with E-state index in [4.69, 9.17) is 5.11 Å². The molecule has 0 saturated carbocycles. The minimum Gasteiger partial charge on any atom is -0.508 e. The first-order valence-corrected chi connectivity index (χ1v) is 5.89. The number of aliphatic hydroxyl groups is 1. The molecular formula is C13H17N3O2. The molecule has 96 valence electrons. The van der Waals surface area contributed by atoms with E-state index in [9.17, 15) is 5.11 Å². The highest BCUT2D eigenvalue weighted by molar-refractivity contribution is 5.31. The van der Waals surface area contributed by atoms with Gasteiger partial charge in [0.15, 0.2) is 0 Å². The Balaban J connectivity index is 1.83. The van der Waals surface area contributed by atoms with Gasteiger partial charge in [0.1, 0.15) is 5.75 Å². The molecule has 0 aliphatic heterocycles. The maximum absolute atomic E-state index is 9.60. The summed E-state index contributed by atoms with van der Waals surface area (Å²) in [5.74, 6) is 0.306. The number of aliphatic hydroxyl groups excluding tert-OH is 1. The summed E-state index contributed by atoms with van der Waals surface area (Å²) < 4.78 is 1.71. The van der Waals surface area contributed by atoms with Crippen LogP contribution in [0.15, 0.2) is 36.7 Å². The van der Waals surface area contributed by atoms with E-state index in [0.717, 1.165) is 11.1 Å². The summed E-state index contributed by atoms with van der Waals surface area (Å²) >= 11 is 0. The highest BCUT2D eigenvalue weighted by atomic mass is 16.3. The van der Waals surface area contributed by atoms with E-state index in [1.165, 1.54) is 0 Å². The molecule has 0 saturated heterocycles. The van der Waals surface area contributed by atoms with Gasteiger partial charge in [0.05, 0.1) is 19.3 Å². The third-order valence-electron chi connectivity index (χ3n) is 2.65. The van der Waals surface area contributed by atoms with Gasteiger partial charge >= 0.3 is 0 Å². The average molecular weight is 247 g/mol. The fourth-order valence-corrected chi connectivity index (χ4v) is 1.72. The van der Waals surface area contributed by atoms with Gasteiger partial charge in [0.25, 0.3) is 0 Å². The number of nitrogens with one attached hydrogen (secondary N) is 1. The van der Waals surface area contributed by atoms with Crippen LogP contribution in [0.3, 0.4) is 0 Å². The monoisotopic (exact) mass is 247 g/mol. The molecule has 1 aromatic heterocycles. The number of nitrogens with zero attached hydrogens (tertiary/aromatic N) is 2. The normalized spacial score (nSPS) is 10.7. The van der Waals surface area contributed by atoms with Crippen molar-refractivity contribution < 1.29 is 10.2 Å². The number of aromatic hydroxyl groups is 1. The predicted molar refractivity (Wildman–Crippen MR) is 68.0 cm³/mol. The van der Waals surface area contributed by atoms with Crippen molar-refractivity contribution in [1.29, 1.82) is 0 Å². The maximum Gasteiger partial charge on any atom is 0.120 e. The summed E-state index contributed by atoms with van der Waals surface area (Å²) in [6.45, 7) is 1.89. The Hall–Kier alpha value is -1.85. The fourth-order valence-electron chi connectivity index (χ4n) is 1.72. The van der Waals surface area contributed by atoms with Gasteiger partial charge in [-0.05, 0) is 6.07 Å². The molecular weight excluding hydrogens is 230 g/mol. The van der Waals surface area contributed by atoms with Crippen LogP contribution >= 0.6 is 0 Å². The molecule has 18 heavy (non-hydrogen) atoms. The second kappa shape index (κ2) is 6.18. The number of para-hydroxylation sites is 1. The van der Waals surface area contributed by atoms with Crippen LogP contribution in [-0.2, 0) is 19.6 Å². The zero-order chi connectivity index (χ0) is 12.8. The third-order valence-corrected chi connectivity index (χ3v) is 2.65. The van der Waals surface area contributed by atoms with Gasteiger partial charge in [0, 0.05) is 30.4 Å². The molecule has 3 N–H and O–H groups in total. The number of aromatic nitrogens is 2. The molecule has 0 amide bonds. The van der Waals surface area contributed by atoms with Gasteiger partial charge in [-0.15, -0.1) is 0 Å². The highest BCUT2D eigenvalue weighted by Crippen LogP contribution is 2.14. The van der Waals surface area contributed by atoms with Crippen molar-refractivity contribution in [2.45, 2.75) is 19.6 Å². The molecule has 1 aromatic carbocycles. The van der Waals surface area contributed by atoms with Crippen LogP contribution < -0.4 is 5.32 Å². The van der Waals surface area contributed by atoms with Crippen LogP contribution in [0.5, 0.6) is 5.75 Å². The summed E-state index contributed by atoms with van der Waals surface area (Å²) in [7, 11) is 0.